The smallest absolute Gasteiger partial charge is 0.413 e. The van der Waals surface area contributed by atoms with Crippen LogP contribution in [0.5, 0.6) is 11.5 Å². The van der Waals surface area contributed by atoms with Gasteiger partial charge in [0.15, 0.2) is 28.2 Å². The molecular weight excluding hydrogens is 799 g/mol. The van der Waals surface area contributed by atoms with E-state index in [2.05, 4.69) is 60.2 Å². The number of ether oxygens (including phenoxy) is 4. The van der Waals surface area contributed by atoms with Crippen LogP contribution in [0, 0.1) is 0 Å². The Hall–Kier alpha value is -5.53. The van der Waals surface area contributed by atoms with Gasteiger partial charge in [0.1, 0.15) is 29.0 Å². The lowest BCUT2D eigenvalue weighted by molar-refractivity contribution is -0.179. The minimum atomic E-state index is -1.62. The van der Waals surface area contributed by atoms with Crippen molar-refractivity contribution in [3.8, 4) is 23.0 Å². The third-order valence-corrected chi connectivity index (χ3v) is 9.30. The molecule has 0 saturated carbocycles. The number of aromatic nitrogens is 3. The Balaban J connectivity index is 1.43. The predicted octanol–water partition coefficient (Wildman–Crippen LogP) is 4.10. The second-order valence-corrected chi connectivity index (χ2v) is 17.5. The van der Waals surface area contributed by atoms with Crippen LogP contribution >= 0.6 is 11.8 Å². The highest BCUT2D eigenvalue weighted by atomic mass is 32.2. The summed E-state index contributed by atoms with van der Waals surface area (Å²) in [5, 5.41) is 14.8. The molecule has 2 aliphatic rings. The first-order valence-electron chi connectivity index (χ1n) is 19.9. The number of rotatable bonds is 18. The van der Waals surface area contributed by atoms with Crippen LogP contribution in [-0.2, 0) is 28.7 Å². The van der Waals surface area contributed by atoms with E-state index in [9.17, 15) is 24.0 Å². The quantitative estimate of drug-likeness (QED) is 0.0543. The molecule has 2 aromatic rings. The number of alkyl carbamates (subject to hydrolysis) is 1. The second kappa shape index (κ2) is 20.6. The summed E-state index contributed by atoms with van der Waals surface area (Å²) in [6, 6.07) is -1.02. The number of hydrogen-bond acceptors (Lipinski definition) is 16. The number of esters is 1. The van der Waals surface area contributed by atoms with Crippen LogP contribution < -0.4 is 30.7 Å². The summed E-state index contributed by atoms with van der Waals surface area (Å²) in [5.74, 6) is -1.09. The number of aliphatic imine (C=N–C) groups is 1. The lowest BCUT2D eigenvalue weighted by Gasteiger charge is -2.37. The van der Waals surface area contributed by atoms with E-state index in [0.29, 0.717) is 30.4 Å². The summed E-state index contributed by atoms with van der Waals surface area (Å²) in [6.07, 6.45) is 7.26. The first-order valence-corrected chi connectivity index (χ1v) is 20.9. The molecule has 20 heteroatoms. The standard InChI is InChI=1S/C40H57N9O10S/c1-11-13-15-55-27-17-24(41-21-28(27)56-16-14-12-2)31-42-18-23(19-43-31)32(50)44-20-25-29(33(51)45-25)47-34(52)30(49-59-40(9,10)35(53)57-38(3,4)5)26-22-60-36(46-26)48-37(54)58-39(6,7)8/h17-19,21,25-26,29H,11-16,20,22H2,1-10H3,(H,44,50)(H,45,51)(H,47,52)(H,46,48,54)/b49-30-/t25-,26?,29+/m1/s1. The van der Waals surface area contributed by atoms with Crippen molar-refractivity contribution >= 4 is 52.4 Å². The number of oxime groups is 1. The molecule has 0 aliphatic carbocycles. The Morgan fingerprint density at radius 1 is 0.883 bits per heavy atom. The average molecular weight is 856 g/mol. The van der Waals surface area contributed by atoms with Gasteiger partial charge in [-0.2, -0.15) is 0 Å². The van der Waals surface area contributed by atoms with Gasteiger partial charge in [0.25, 0.3) is 11.8 Å². The number of hydrogen-bond donors (Lipinski definition) is 4. The number of thioether (sulfide) groups is 1. The molecule has 4 N–H and O–H groups in total. The molecule has 4 rings (SSSR count). The maximum atomic E-state index is 13.8. The molecule has 0 bridgehead atoms. The third kappa shape index (κ3) is 14.0. The predicted molar refractivity (Wildman–Crippen MR) is 224 cm³/mol. The van der Waals surface area contributed by atoms with E-state index in [4.69, 9.17) is 23.8 Å². The molecule has 60 heavy (non-hydrogen) atoms. The fraction of sp³-hybridized carbons (Fsp3) is 0.600. The van der Waals surface area contributed by atoms with Crippen LogP contribution in [0.25, 0.3) is 11.5 Å². The number of nitrogens with zero attached hydrogens (tertiary/aromatic N) is 5. The number of unbranched alkanes of at least 4 members (excludes halogenated alkanes) is 2. The van der Waals surface area contributed by atoms with Gasteiger partial charge in [-0.3, -0.25) is 24.7 Å². The van der Waals surface area contributed by atoms with Crippen LogP contribution in [0.2, 0.25) is 0 Å². The molecule has 4 heterocycles. The number of pyridine rings is 1. The zero-order valence-corrected chi connectivity index (χ0v) is 36.7. The molecule has 328 valence electrons. The SMILES string of the molecule is CCCCOc1cnc(-c2ncc(C(=O)NC[C@H]3NC(=O)[C@H]3NC(=O)/C(=N\OC(C)(C)C(=O)OC(C)(C)C)C3CSC(NC(=O)OC(C)(C)C)=N3)cn2)cc1OCCCC. The van der Waals surface area contributed by atoms with Gasteiger partial charge in [-0.25, -0.2) is 24.5 Å². The molecule has 2 aromatic heterocycles. The molecule has 1 unspecified atom stereocenters. The van der Waals surface area contributed by atoms with Gasteiger partial charge in [-0.05, 0) is 68.2 Å². The monoisotopic (exact) mass is 855 g/mol. The molecule has 3 atom stereocenters. The molecule has 2 aliphatic heterocycles. The van der Waals surface area contributed by atoms with Crippen molar-refractivity contribution in [3.05, 3.63) is 30.2 Å². The molecule has 1 saturated heterocycles. The van der Waals surface area contributed by atoms with E-state index in [1.54, 1.807) is 53.8 Å². The molecule has 0 spiro atoms. The summed E-state index contributed by atoms with van der Waals surface area (Å²) in [5.41, 5.74) is -2.89. The Morgan fingerprint density at radius 3 is 2.12 bits per heavy atom. The summed E-state index contributed by atoms with van der Waals surface area (Å²) < 4.78 is 22.6. The van der Waals surface area contributed by atoms with Crippen molar-refractivity contribution < 1.29 is 47.8 Å². The van der Waals surface area contributed by atoms with Crippen LogP contribution in [0.3, 0.4) is 0 Å². The number of amides is 4. The Labute approximate surface area is 354 Å². The number of carbonyl (C=O) groups excluding carboxylic acids is 5. The first-order chi connectivity index (χ1) is 28.2. The highest BCUT2D eigenvalue weighted by Crippen LogP contribution is 2.30. The maximum Gasteiger partial charge on any atom is 0.413 e. The molecular formula is C40H57N9O10S. The molecule has 0 radical (unpaired) electrons. The average Bonchev–Trinajstić information content (AvgIpc) is 3.62. The topological polar surface area (TPSA) is 243 Å². The van der Waals surface area contributed by atoms with Crippen molar-refractivity contribution in [2.45, 2.75) is 130 Å². The van der Waals surface area contributed by atoms with E-state index < -0.39 is 64.7 Å². The summed E-state index contributed by atoms with van der Waals surface area (Å²) in [6.45, 7) is 18.2. The molecule has 0 aromatic carbocycles. The second-order valence-electron chi connectivity index (χ2n) is 16.5. The molecule has 4 amide bonds. The van der Waals surface area contributed by atoms with E-state index in [-0.39, 0.29) is 34.6 Å². The number of nitrogens with one attached hydrogen (secondary N) is 4. The minimum Gasteiger partial charge on any atom is -0.490 e. The molecule has 19 nitrogen and oxygen atoms in total. The third-order valence-electron chi connectivity index (χ3n) is 8.34. The zero-order valence-electron chi connectivity index (χ0n) is 35.9. The van der Waals surface area contributed by atoms with Crippen molar-refractivity contribution in [3.63, 3.8) is 0 Å². The number of β-lactam (4-membered cyclic amide) rings is 1. The van der Waals surface area contributed by atoms with E-state index >= 15 is 0 Å². The fourth-order valence-corrected chi connectivity index (χ4v) is 6.03. The zero-order chi connectivity index (χ0) is 44.3. The Kier molecular flexibility index (Phi) is 16.2. The van der Waals surface area contributed by atoms with Gasteiger partial charge in [-0.1, -0.05) is 43.6 Å². The largest absolute Gasteiger partial charge is 0.490 e. The molecule has 1 fully saturated rings. The van der Waals surface area contributed by atoms with Gasteiger partial charge in [0, 0.05) is 30.8 Å². The maximum absolute atomic E-state index is 13.8. The van der Waals surface area contributed by atoms with Gasteiger partial charge in [-0.15, -0.1) is 0 Å². The minimum absolute atomic E-state index is 0.0627. The summed E-state index contributed by atoms with van der Waals surface area (Å²) >= 11 is 1.13. The number of carbonyl (C=O) groups is 5. The van der Waals surface area contributed by atoms with E-state index in [1.165, 1.54) is 26.2 Å². The van der Waals surface area contributed by atoms with Crippen molar-refractivity contribution in [2.75, 3.05) is 25.5 Å². The van der Waals surface area contributed by atoms with Gasteiger partial charge in [0.05, 0.1) is 31.0 Å². The van der Waals surface area contributed by atoms with Gasteiger partial charge in [0.2, 0.25) is 11.5 Å². The van der Waals surface area contributed by atoms with Gasteiger partial charge >= 0.3 is 12.1 Å². The lowest BCUT2D eigenvalue weighted by atomic mass is 9.98. The highest BCUT2D eigenvalue weighted by molar-refractivity contribution is 8.14. The van der Waals surface area contributed by atoms with Gasteiger partial charge < -0.3 is 39.7 Å². The lowest BCUT2D eigenvalue weighted by Crippen LogP contribution is -2.72. The normalized spacial score (nSPS) is 18.0. The highest BCUT2D eigenvalue weighted by Gasteiger charge is 2.43. The van der Waals surface area contributed by atoms with Crippen molar-refractivity contribution in [1.29, 1.82) is 0 Å². The number of amidine groups is 1. The van der Waals surface area contributed by atoms with E-state index in [0.717, 1.165) is 37.4 Å². The van der Waals surface area contributed by atoms with Crippen LogP contribution in [0.4, 0.5) is 4.79 Å². The summed E-state index contributed by atoms with van der Waals surface area (Å²) in [4.78, 5) is 88.1. The van der Waals surface area contributed by atoms with Crippen LogP contribution in [0.1, 0.15) is 105 Å². The fourth-order valence-electron chi connectivity index (χ4n) is 5.12. The Morgan fingerprint density at radius 2 is 1.52 bits per heavy atom. The Bertz CT molecular complexity index is 1930. The first kappa shape index (κ1) is 47.2. The van der Waals surface area contributed by atoms with Crippen LogP contribution in [0.15, 0.2) is 34.8 Å². The van der Waals surface area contributed by atoms with Crippen LogP contribution in [-0.4, -0.2) is 116 Å². The van der Waals surface area contributed by atoms with Crippen molar-refractivity contribution in [2.24, 2.45) is 10.1 Å². The van der Waals surface area contributed by atoms with Crippen molar-refractivity contribution in [1.82, 2.24) is 36.2 Å². The summed E-state index contributed by atoms with van der Waals surface area (Å²) in [7, 11) is 0. The van der Waals surface area contributed by atoms with E-state index in [1.807, 2.05) is 0 Å².